The molecule has 0 saturated carbocycles. The Labute approximate surface area is 115 Å². The Morgan fingerprint density at radius 2 is 1.89 bits per heavy atom. The maximum Gasteiger partial charge on any atom is 0.138 e. The van der Waals surface area contributed by atoms with Crippen molar-refractivity contribution in [2.24, 2.45) is 0 Å². The van der Waals surface area contributed by atoms with Gasteiger partial charge in [-0.2, -0.15) is 0 Å². The lowest BCUT2D eigenvalue weighted by molar-refractivity contribution is 0.187. The highest BCUT2D eigenvalue weighted by molar-refractivity contribution is 5.56. The molecule has 108 valence electrons. The van der Waals surface area contributed by atoms with Crippen LogP contribution in [0.3, 0.4) is 0 Å². The third-order valence-electron chi connectivity index (χ3n) is 3.07. The Morgan fingerprint density at radius 3 is 2.37 bits per heavy atom. The van der Waals surface area contributed by atoms with Gasteiger partial charge in [-0.05, 0) is 20.3 Å². The first-order chi connectivity index (χ1) is 8.62. The predicted molar refractivity (Wildman–Crippen MR) is 79.4 cm³/mol. The van der Waals surface area contributed by atoms with Gasteiger partial charge in [0.2, 0.25) is 0 Å². The number of aliphatic hydroxyl groups excluding tert-OH is 1. The van der Waals surface area contributed by atoms with Gasteiger partial charge in [-0.15, -0.1) is 0 Å². The molecule has 0 saturated heterocycles. The smallest absolute Gasteiger partial charge is 0.138 e. The quantitative estimate of drug-likeness (QED) is 0.870. The van der Waals surface area contributed by atoms with Gasteiger partial charge >= 0.3 is 0 Å². The van der Waals surface area contributed by atoms with E-state index in [0.29, 0.717) is 12.2 Å². The molecule has 1 aromatic heterocycles. The van der Waals surface area contributed by atoms with Gasteiger partial charge in [0, 0.05) is 24.6 Å². The second-order valence-corrected chi connectivity index (χ2v) is 6.19. The van der Waals surface area contributed by atoms with Crippen molar-refractivity contribution in [3.63, 3.8) is 0 Å². The van der Waals surface area contributed by atoms with E-state index in [0.717, 1.165) is 23.8 Å². The van der Waals surface area contributed by atoms with Gasteiger partial charge in [0.1, 0.15) is 17.5 Å². The van der Waals surface area contributed by atoms with Gasteiger partial charge in [-0.3, -0.25) is 0 Å². The average Bonchev–Trinajstić information content (AvgIpc) is 2.27. The number of nitrogens with two attached hydrogens (primary N) is 1. The maximum atomic E-state index is 9.37. The van der Waals surface area contributed by atoms with E-state index in [4.69, 9.17) is 5.73 Å². The number of anilines is 2. The molecule has 1 heterocycles. The Balaban J connectivity index is 3.09. The second kappa shape index (κ2) is 5.74. The van der Waals surface area contributed by atoms with E-state index in [2.05, 4.69) is 30.7 Å². The Bertz CT molecular complexity index is 438. The molecule has 5 heteroatoms. The van der Waals surface area contributed by atoms with E-state index < -0.39 is 0 Å². The normalized spacial score (nSPS) is 13.4. The molecule has 19 heavy (non-hydrogen) atoms. The summed E-state index contributed by atoms with van der Waals surface area (Å²) in [6.45, 7) is 10.6. The van der Waals surface area contributed by atoms with Crippen molar-refractivity contribution < 1.29 is 5.11 Å². The molecule has 0 aliphatic carbocycles. The molecule has 0 amide bonds. The van der Waals surface area contributed by atoms with Crippen molar-refractivity contribution in [2.45, 2.75) is 52.6 Å². The van der Waals surface area contributed by atoms with E-state index in [1.165, 1.54) is 0 Å². The highest BCUT2D eigenvalue weighted by Crippen LogP contribution is 2.26. The second-order valence-electron chi connectivity index (χ2n) is 6.19. The SMILES string of the molecule is Cc1c(N)nc(C(C)(C)C)nc1N(C)CCC(C)O. The van der Waals surface area contributed by atoms with Crippen LogP contribution in [0, 0.1) is 6.92 Å². The third kappa shape index (κ3) is 4.06. The van der Waals surface area contributed by atoms with E-state index in [9.17, 15) is 5.11 Å². The molecular formula is C14H26N4O. The zero-order valence-corrected chi connectivity index (χ0v) is 12.9. The molecule has 0 aromatic carbocycles. The minimum atomic E-state index is -0.316. The minimum Gasteiger partial charge on any atom is -0.393 e. The van der Waals surface area contributed by atoms with Crippen LogP contribution in [0.5, 0.6) is 0 Å². The number of aliphatic hydroxyl groups is 1. The minimum absolute atomic E-state index is 0.137. The third-order valence-corrected chi connectivity index (χ3v) is 3.07. The molecule has 0 spiro atoms. The van der Waals surface area contributed by atoms with Gasteiger partial charge in [0.25, 0.3) is 0 Å². The topological polar surface area (TPSA) is 75.3 Å². The first kappa shape index (κ1) is 15.7. The maximum absolute atomic E-state index is 9.37. The van der Waals surface area contributed by atoms with Crippen LogP contribution >= 0.6 is 0 Å². The monoisotopic (exact) mass is 266 g/mol. The average molecular weight is 266 g/mol. The molecule has 5 nitrogen and oxygen atoms in total. The Kier molecular flexibility index (Phi) is 4.74. The van der Waals surface area contributed by atoms with E-state index >= 15 is 0 Å². The highest BCUT2D eigenvalue weighted by atomic mass is 16.3. The fourth-order valence-corrected chi connectivity index (χ4v) is 1.72. The molecular weight excluding hydrogens is 240 g/mol. The van der Waals surface area contributed by atoms with Gasteiger partial charge < -0.3 is 15.7 Å². The van der Waals surface area contributed by atoms with Crippen LogP contribution in [0.15, 0.2) is 0 Å². The zero-order valence-electron chi connectivity index (χ0n) is 12.9. The highest BCUT2D eigenvalue weighted by Gasteiger charge is 2.21. The lowest BCUT2D eigenvalue weighted by Gasteiger charge is -2.25. The number of rotatable bonds is 4. The summed E-state index contributed by atoms with van der Waals surface area (Å²) in [6.07, 6.45) is 0.383. The van der Waals surface area contributed by atoms with Crippen LogP contribution in [0.4, 0.5) is 11.6 Å². The lowest BCUT2D eigenvalue weighted by Crippen LogP contribution is -2.26. The van der Waals surface area contributed by atoms with E-state index in [-0.39, 0.29) is 11.5 Å². The molecule has 0 aliphatic heterocycles. The van der Waals surface area contributed by atoms with Crippen LogP contribution in [0.25, 0.3) is 0 Å². The fraction of sp³-hybridized carbons (Fsp3) is 0.714. The molecule has 1 atom stereocenters. The molecule has 0 radical (unpaired) electrons. The fourth-order valence-electron chi connectivity index (χ4n) is 1.72. The number of nitrogen functional groups attached to an aromatic ring is 1. The van der Waals surface area contributed by atoms with Crippen LogP contribution in [0.1, 0.15) is 45.5 Å². The molecule has 0 aliphatic rings. The summed E-state index contributed by atoms with van der Waals surface area (Å²) >= 11 is 0. The van der Waals surface area contributed by atoms with Crippen molar-refractivity contribution >= 4 is 11.6 Å². The number of nitrogens with zero attached hydrogens (tertiary/aromatic N) is 3. The van der Waals surface area contributed by atoms with Crippen LogP contribution in [-0.4, -0.2) is 34.8 Å². The van der Waals surface area contributed by atoms with Gasteiger partial charge in [-0.25, -0.2) is 9.97 Å². The first-order valence-electron chi connectivity index (χ1n) is 6.66. The van der Waals surface area contributed by atoms with Crippen molar-refractivity contribution in [3.8, 4) is 0 Å². The first-order valence-corrected chi connectivity index (χ1v) is 6.66. The van der Waals surface area contributed by atoms with Crippen molar-refractivity contribution in [3.05, 3.63) is 11.4 Å². The predicted octanol–water partition coefficient (Wildman–Crippen LogP) is 1.87. The van der Waals surface area contributed by atoms with Gasteiger partial charge in [0.05, 0.1) is 6.10 Å². The van der Waals surface area contributed by atoms with Crippen LogP contribution < -0.4 is 10.6 Å². The number of hydrogen-bond acceptors (Lipinski definition) is 5. The Morgan fingerprint density at radius 1 is 1.32 bits per heavy atom. The molecule has 0 bridgehead atoms. The zero-order chi connectivity index (χ0) is 14.8. The molecule has 1 rings (SSSR count). The van der Waals surface area contributed by atoms with E-state index in [1.54, 1.807) is 6.92 Å². The number of hydrogen-bond donors (Lipinski definition) is 2. The largest absolute Gasteiger partial charge is 0.393 e. The number of aromatic nitrogens is 2. The Hall–Kier alpha value is -1.36. The lowest BCUT2D eigenvalue weighted by atomic mass is 9.95. The summed E-state index contributed by atoms with van der Waals surface area (Å²) in [5.41, 5.74) is 6.74. The summed E-state index contributed by atoms with van der Waals surface area (Å²) in [5.74, 6) is 2.12. The summed E-state index contributed by atoms with van der Waals surface area (Å²) in [6, 6.07) is 0. The molecule has 0 fully saturated rings. The van der Waals surface area contributed by atoms with Crippen molar-refractivity contribution in [2.75, 3.05) is 24.2 Å². The van der Waals surface area contributed by atoms with Crippen molar-refractivity contribution in [1.82, 2.24) is 9.97 Å². The van der Waals surface area contributed by atoms with E-state index in [1.807, 2.05) is 18.9 Å². The van der Waals surface area contributed by atoms with Crippen LogP contribution in [0.2, 0.25) is 0 Å². The van der Waals surface area contributed by atoms with Crippen molar-refractivity contribution in [1.29, 1.82) is 0 Å². The molecule has 1 unspecified atom stereocenters. The standard InChI is InChI=1S/C14H26N4O/c1-9(19)7-8-18(6)12-10(2)11(15)16-13(17-12)14(3,4)5/h9,19H,7-8H2,1-6H3,(H2,15,16,17). The van der Waals surface area contributed by atoms with Gasteiger partial charge in [0.15, 0.2) is 0 Å². The van der Waals surface area contributed by atoms with Gasteiger partial charge in [-0.1, -0.05) is 20.8 Å². The summed E-state index contributed by atoms with van der Waals surface area (Å²) < 4.78 is 0. The van der Waals surface area contributed by atoms with Crippen LogP contribution in [-0.2, 0) is 5.41 Å². The summed E-state index contributed by atoms with van der Waals surface area (Å²) in [4.78, 5) is 11.0. The summed E-state index contributed by atoms with van der Waals surface area (Å²) in [7, 11) is 1.96. The summed E-state index contributed by atoms with van der Waals surface area (Å²) in [5, 5.41) is 9.37. The molecule has 1 aromatic rings. The molecule has 3 N–H and O–H groups in total.